The van der Waals surface area contributed by atoms with Crippen molar-refractivity contribution < 1.29 is 0 Å². The molecule has 2 aliphatic heterocycles. The molecule has 0 amide bonds. The number of rotatable bonds is 4. The Balaban J connectivity index is 1.46. The molecule has 0 bridgehead atoms. The van der Waals surface area contributed by atoms with Crippen LogP contribution in [0.1, 0.15) is 30.6 Å². The van der Waals surface area contributed by atoms with E-state index in [0.717, 1.165) is 18.6 Å². The Labute approximate surface area is 122 Å². The highest BCUT2D eigenvalue weighted by Gasteiger charge is 2.34. The van der Waals surface area contributed by atoms with Crippen LogP contribution in [0.15, 0.2) is 15.9 Å². The normalized spacial score (nSPS) is 28.5. The number of hydrogen-bond acceptors (Lipinski definition) is 3. The molecule has 4 heteroatoms. The van der Waals surface area contributed by atoms with E-state index in [2.05, 4.69) is 38.3 Å². The molecule has 0 spiro atoms. The van der Waals surface area contributed by atoms with Crippen LogP contribution >= 0.6 is 27.3 Å². The largest absolute Gasteiger partial charge is 0.312 e. The molecule has 0 saturated carbocycles. The van der Waals surface area contributed by atoms with Gasteiger partial charge in [0, 0.05) is 30.1 Å². The molecule has 18 heavy (non-hydrogen) atoms. The first kappa shape index (κ1) is 13.1. The van der Waals surface area contributed by atoms with E-state index in [0.29, 0.717) is 0 Å². The molecule has 2 nitrogen and oxygen atoms in total. The van der Waals surface area contributed by atoms with E-state index in [1.165, 1.54) is 53.9 Å². The Bertz CT molecular complexity index is 393. The van der Waals surface area contributed by atoms with Gasteiger partial charge in [-0.2, -0.15) is 0 Å². The maximum absolute atomic E-state index is 3.79. The molecular weight excluding hydrogens is 308 g/mol. The minimum atomic E-state index is 0.744. The number of fused-ring (bicyclic) bond motifs is 1. The van der Waals surface area contributed by atoms with Crippen LogP contribution in [0.3, 0.4) is 0 Å². The molecular formula is C14H21BrN2S. The Morgan fingerprint density at radius 3 is 3.06 bits per heavy atom. The van der Waals surface area contributed by atoms with E-state index in [-0.39, 0.29) is 0 Å². The van der Waals surface area contributed by atoms with Crippen molar-refractivity contribution in [2.24, 2.45) is 0 Å². The fraction of sp³-hybridized carbons (Fsp3) is 0.714. The highest BCUT2D eigenvalue weighted by molar-refractivity contribution is 9.11. The van der Waals surface area contributed by atoms with Gasteiger partial charge in [0.15, 0.2) is 0 Å². The fourth-order valence-electron chi connectivity index (χ4n) is 3.35. The molecule has 0 aliphatic carbocycles. The molecule has 1 aromatic heterocycles. The molecule has 2 fully saturated rings. The van der Waals surface area contributed by atoms with Gasteiger partial charge in [0.2, 0.25) is 0 Å². The molecule has 3 rings (SSSR count). The standard InChI is InChI=1S/C14H21BrN2S/c15-14-5-4-11(18-14)6-8-16-12-7-10-17-9-2-1-3-13(12)17/h4-5,12-13,16H,1-3,6-10H2. The summed E-state index contributed by atoms with van der Waals surface area (Å²) in [5, 5.41) is 3.79. The van der Waals surface area contributed by atoms with Crippen molar-refractivity contribution in [2.45, 2.75) is 44.2 Å². The lowest BCUT2D eigenvalue weighted by Crippen LogP contribution is -2.45. The first-order chi connectivity index (χ1) is 8.83. The fourth-order valence-corrected chi connectivity index (χ4v) is 4.83. The van der Waals surface area contributed by atoms with E-state index >= 15 is 0 Å². The van der Waals surface area contributed by atoms with E-state index in [1.54, 1.807) is 0 Å². The second-order valence-electron chi connectivity index (χ2n) is 5.40. The van der Waals surface area contributed by atoms with Gasteiger partial charge >= 0.3 is 0 Å². The van der Waals surface area contributed by atoms with Gasteiger partial charge in [0.1, 0.15) is 0 Å². The zero-order valence-electron chi connectivity index (χ0n) is 10.7. The first-order valence-electron chi connectivity index (χ1n) is 7.04. The minimum Gasteiger partial charge on any atom is -0.312 e. The van der Waals surface area contributed by atoms with Crippen LogP contribution in [0.5, 0.6) is 0 Å². The maximum atomic E-state index is 3.79. The Morgan fingerprint density at radius 2 is 2.22 bits per heavy atom. The number of halogens is 1. The van der Waals surface area contributed by atoms with Gasteiger partial charge < -0.3 is 5.32 Å². The summed E-state index contributed by atoms with van der Waals surface area (Å²) in [5.74, 6) is 0. The second-order valence-corrected chi connectivity index (χ2v) is 7.95. The van der Waals surface area contributed by atoms with E-state index < -0.39 is 0 Å². The van der Waals surface area contributed by atoms with Crippen molar-refractivity contribution in [1.82, 2.24) is 10.2 Å². The average molecular weight is 329 g/mol. The molecule has 0 aromatic carbocycles. The number of piperidine rings is 1. The van der Waals surface area contributed by atoms with Crippen molar-refractivity contribution in [2.75, 3.05) is 19.6 Å². The molecule has 100 valence electrons. The molecule has 0 radical (unpaired) electrons. The summed E-state index contributed by atoms with van der Waals surface area (Å²) in [5.41, 5.74) is 0. The number of thiophene rings is 1. The van der Waals surface area contributed by atoms with E-state index in [1.807, 2.05) is 11.3 Å². The lowest BCUT2D eigenvalue weighted by atomic mass is 9.99. The first-order valence-corrected chi connectivity index (χ1v) is 8.65. The van der Waals surface area contributed by atoms with Crippen molar-refractivity contribution in [1.29, 1.82) is 0 Å². The van der Waals surface area contributed by atoms with E-state index in [9.17, 15) is 0 Å². The lowest BCUT2D eigenvalue weighted by molar-refractivity contribution is 0.181. The van der Waals surface area contributed by atoms with Gasteiger partial charge in [-0.1, -0.05) is 6.42 Å². The predicted molar refractivity (Wildman–Crippen MR) is 81.3 cm³/mol. The summed E-state index contributed by atoms with van der Waals surface area (Å²) < 4.78 is 1.25. The molecule has 3 heterocycles. The lowest BCUT2D eigenvalue weighted by Gasteiger charge is -2.32. The van der Waals surface area contributed by atoms with Crippen LogP contribution in [-0.2, 0) is 6.42 Å². The molecule has 2 saturated heterocycles. The van der Waals surface area contributed by atoms with Crippen molar-refractivity contribution >= 4 is 27.3 Å². The highest BCUT2D eigenvalue weighted by Crippen LogP contribution is 2.27. The number of hydrogen-bond donors (Lipinski definition) is 1. The SMILES string of the molecule is Brc1ccc(CCNC2CCN3CCCCC23)s1. The van der Waals surface area contributed by atoms with E-state index in [4.69, 9.17) is 0 Å². The Kier molecular flexibility index (Phi) is 4.39. The van der Waals surface area contributed by atoms with Crippen LogP contribution in [0.4, 0.5) is 0 Å². The van der Waals surface area contributed by atoms with Crippen LogP contribution in [0.25, 0.3) is 0 Å². The summed E-state index contributed by atoms with van der Waals surface area (Å²) in [6.45, 7) is 3.77. The van der Waals surface area contributed by atoms with Crippen molar-refractivity contribution in [3.63, 3.8) is 0 Å². The molecule has 1 N–H and O–H groups in total. The van der Waals surface area contributed by atoms with Gasteiger partial charge in [-0.05, 0) is 60.3 Å². The van der Waals surface area contributed by atoms with Gasteiger partial charge in [0.05, 0.1) is 3.79 Å². The van der Waals surface area contributed by atoms with Gasteiger partial charge in [-0.15, -0.1) is 11.3 Å². The molecule has 2 aliphatic rings. The van der Waals surface area contributed by atoms with Crippen molar-refractivity contribution in [3.8, 4) is 0 Å². The minimum absolute atomic E-state index is 0.744. The summed E-state index contributed by atoms with van der Waals surface area (Å²) in [6, 6.07) is 5.96. The molecule has 1 aromatic rings. The van der Waals surface area contributed by atoms with Crippen LogP contribution in [0.2, 0.25) is 0 Å². The summed E-state index contributed by atoms with van der Waals surface area (Å²) in [6.07, 6.45) is 6.75. The van der Waals surface area contributed by atoms with Crippen LogP contribution in [0, 0.1) is 0 Å². The predicted octanol–water partition coefficient (Wildman–Crippen LogP) is 3.27. The van der Waals surface area contributed by atoms with Crippen LogP contribution < -0.4 is 5.32 Å². The molecule has 2 atom stereocenters. The second kappa shape index (κ2) is 6.04. The number of nitrogens with one attached hydrogen (secondary N) is 1. The smallest absolute Gasteiger partial charge is 0.0701 e. The monoisotopic (exact) mass is 328 g/mol. The van der Waals surface area contributed by atoms with Crippen LogP contribution in [-0.4, -0.2) is 36.6 Å². The third kappa shape index (κ3) is 2.98. The zero-order valence-corrected chi connectivity index (χ0v) is 13.1. The number of nitrogens with zero attached hydrogens (tertiary/aromatic N) is 1. The quantitative estimate of drug-likeness (QED) is 0.912. The van der Waals surface area contributed by atoms with Gasteiger partial charge in [0.25, 0.3) is 0 Å². The van der Waals surface area contributed by atoms with Gasteiger partial charge in [-0.3, -0.25) is 4.90 Å². The summed E-state index contributed by atoms with van der Waals surface area (Å²) >= 11 is 5.39. The highest BCUT2D eigenvalue weighted by atomic mass is 79.9. The Hall–Kier alpha value is 0.1000. The molecule has 2 unspecified atom stereocenters. The maximum Gasteiger partial charge on any atom is 0.0701 e. The van der Waals surface area contributed by atoms with Gasteiger partial charge in [-0.25, -0.2) is 0 Å². The third-order valence-electron chi connectivity index (χ3n) is 4.26. The topological polar surface area (TPSA) is 15.3 Å². The zero-order chi connectivity index (χ0) is 12.4. The summed E-state index contributed by atoms with van der Waals surface area (Å²) in [4.78, 5) is 4.18. The van der Waals surface area contributed by atoms with Crippen molar-refractivity contribution in [3.05, 3.63) is 20.8 Å². The summed E-state index contributed by atoms with van der Waals surface area (Å²) in [7, 11) is 0. The Morgan fingerprint density at radius 1 is 1.28 bits per heavy atom. The third-order valence-corrected chi connectivity index (χ3v) is 5.95. The average Bonchev–Trinajstić information content (AvgIpc) is 2.97.